The molecule has 0 aliphatic heterocycles. The van der Waals surface area contributed by atoms with Gasteiger partial charge < -0.3 is 4.74 Å². The number of ether oxygens (including phenoxy) is 1. The zero-order valence-corrected chi connectivity index (χ0v) is 10.6. The highest BCUT2D eigenvalue weighted by Crippen LogP contribution is 2.33. The van der Waals surface area contributed by atoms with Crippen molar-refractivity contribution in [1.29, 1.82) is 0 Å². The van der Waals surface area contributed by atoms with Gasteiger partial charge in [0.15, 0.2) is 0 Å². The van der Waals surface area contributed by atoms with Crippen molar-refractivity contribution in [2.24, 2.45) is 0 Å². The summed E-state index contributed by atoms with van der Waals surface area (Å²) in [6.07, 6.45) is -4.37. The fourth-order valence-electron chi connectivity index (χ4n) is 1.79. The quantitative estimate of drug-likeness (QED) is 0.605. The Morgan fingerprint density at radius 2 is 1.60 bits per heavy atom. The first-order chi connectivity index (χ1) is 9.38. The molecule has 0 saturated heterocycles. The van der Waals surface area contributed by atoms with Crippen LogP contribution in [0.3, 0.4) is 0 Å². The Kier molecular flexibility index (Phi) is 3.79. The van der Waals surface area contributed by atoms with Gasteiger partial charge in [-0.15, -0.1) is 0 Å². The average Bonchev–Trinajstić information content (AvgIpc) is 2.38. The molecular formula is C15H11F3O2. The summed E-state index contributed by atoms with van der Waals surface area (Å²) in [4.78, 5) is 11.0. The number of para-hydroxylation sites is 1. The second kappa shape index (κ2) is 5.36. The van der Waals surface area contributed by atoms with Crippen molar-refractivity contribution >= 4 is 5.97 Å². The molecule has 0 N–H and O–H groups in total. The van der Waals surface area contributed by atoms with E-state index in [4.69, 9.17) is 4.74 Å². The van der Waals surface area contributed by atoms with Crippen LogP contribution in [0.4, 0.5) is 13.2 Å². The van der Waals surface area contributed by atoms with Crippen LogP contribution in [0.1, 0.15) is 12.5 Å². The van der Waals surface area contributed by atoms with Crippen LogP contribution in [0.15, 0.2) is 48.5 Å². The molecule has 0 unspecified atom stereocenters. The van der Waals surface area contributed by atoms with Crippen LogP contribution in [0.5, 0.6) is 5.75 Å². The van der Waals surface area contributed by atoms with Gasteiger partial charge in [0, 0.05) is 12.5 Å². The van der Waals surface area contributed by atoms with E-state index in [9.17, 15) is 18.0 Å². The van der Waals surface area contributed by atoms with Crippen LogP contribution in [0, 0.1) is 0 Å². The number of halogens is 3. The summed E-state index contributed by atoms with van der Waals surface area (Å²) in [6.45, 7) is 1.27. The minimum absolute atomic E-state index is 0.319. The molecule has 0 atom stereocenters. The number of carbonyl (C=O) groups excluding carboxylic acids is 1. The van der Waals surface area contributed by atoms with Crippen molar-refractivity contribution < 1.29 is 22.7 Å². The zero-order chi connectivity index (χ0) is 14.8. The smallest absolute Gasteiger partial charge is 0.416 e. The number of alkyl halides is 3. The predicted molar refractivity (Wildman–Crippen MR) is 68.2 cm³/mol. The number of esters is 1. The predicted octanol–water partition coefficient (Wildman–Crippen LogP) is 4.30. The van der Waals surface area contributed by atoms with E-state index in [0.29, 0.717) is 16.9 Å². The van der Waals surface area contributed by atoms with Crippen molar-refractivity contribution in [3.8, 4) is 16.9 Å². The summed E-state index contributed by atoms with van der Waals surface area (Å²) in [5, 5.41) is 0. The minimum atomic E-state index is -4.37. The molecule has 0 aliphatic rings. The molecule has 20 heavy (non-hydrogen) atoms. The van der Waals surface area contributed by atoms with E-state index in [2.05, 4.69) is 0 Å². The number of benzene rings is 2. The van der Waals surface area contributed by atoms with Gasteiger partial charge in [-0.25, -0.2) is 0 Å². The van der Waals surface area contributed by atoms with E-state index < -0.39 is 17.7 Å². The summed E-state index contributed by atoms with van der Waals surface area (Å²) in [5.41, 5.74) is 0.400. The minimum Gasteiger partial charge on any atom is -0.426 e. The lowest BCUT2D eigenvalue weighted by Gasteiger charge is -2.10. The second-order valence-electron chi connectivity index (χ2n) is 4.16. The van der Waals surface area contributed by atoms with Gasteiger partial charge in [-0.2, -0.15) is 13.2 Å². The lowest BCUT2D eigenvalue weighted by atomic mass is 10.0. The molecule has 0 aromatic heterocycles. The van der Waals surface area contributed by atoms with Crippen molar-refractivity contribution in [1.82, 2.24) is 0 Å². The lowest BCUT2D eigenvalue weighted by Crippen LogP contribution is -2.04. The highest BCUT2D eigenvalue weighted by atomic mass is 19.4. The van der Waals surface area contributed by atoms with Gasteiger partial charge in [-0.1, -0.05) is 30.3 Å². The van der Waals surface area contributed by atoms with Gasteiger partial charge in [-0.3, -0.25) is 4.79 Å². The molecule has 0 saturated carbocycles. The first-order valence-electron chi connectivity index (χ1n) is 5.83. The fraction of sp³-hybridized carbons (Fsp3) is 0.133. The van der Waals surface area contributed by atoms with E-state index >= 15 is 0 Å². The van der Waals surface area contributed by atoms with Gasteiger partial charge in [-0.05, 0) is 23.8 Å². The van der Waals surface area contributed by atoms with Gasteiger partial charge in [0.25, 0.3) is 0 Å². The average molecular weight is 280 g/mol. The van der Waals surface area contributed by atoms with Crippen molar-refractivity contribution in [2.75, 3.05) is 0 Å². The molecule has 0 radical (unpaired) electrons. The van der Waals surface area contributed by atoms with Crippen LogP contribution in [-0.2, 0) is 11.0 Å². The van der Waals surface area contributed by atoms with E-state index in [-0.39, 0.29) is 0 Å². The highest BCUT2D eigenvalue weighted by molar-refractivity contribution is 5.76. The molecular weight excluding hydrogens is 269 g/mol. The van der Waals surface area contributed by atoms with Gasteiger partial charge in [0.05, 0.1) is 5.56 Å². The largest absolute Gasteiger partial charge is 0.426 e. The third-order valence-electron chi connectivity index (χ3n) is 2.66. The van der Waals surface area contributed by atoms with Gasteiger partial charge in [0.1, 0.15) is 5.75 Å². The van der Waals surface area contributed by atoms with Crippen LogP contribution >= 0.6 is 0 Å². The second-order valence-corrected chi connectivity index (χ2v) is 4.16. The third-order valence-corrected chi connectivity index (χ3v) is 2.66. The first-order valence-corrected chi connectivity index (χ1v) is 5.83. The van der Waals surface area contributed by atoms with E-state index in [1.807, 2.05) is 0 Å². The number of rotatable bonds is 2. The number of hydrogen-bond donors (Lipinski definition) is 0. The maximum Gasteiger partial charge on any atom is 0.416 e. The fourth-order valence-corrected chi connectivity index (χ4v) is 1.79. The molecule has 0 fully saturated rings. The van der Waals surface area contributed by atoms with Crippen molar-refractivity contribution in [2.45, 2.75) is 13.1 Å². The third kappa shape index (κ3) is 3.17. The Morgan fingerprint density at radius 1 is 1.00 bits per heavy atom. The Balaban J connectivity index is 2.39. The van der Waals surface area contributed by atoms with Crippen LogP contribution in [-0.4, -0.2) is 5.97 Å². The maximum absolute atomic E-state index is 12.5. The summed E-state index contributed by atoms with van der Waals surface area (Å²) in [6, 6.07) is 11.4. The maximum atomic E-state index is 12.5. The van der Waals surface area contributed by atoms with E-state index in [1.54, 1.807) is 24.3 Å². The Labute approximate surface area is 113 Å². The number of carbonyl (C=O) groups is 1. The molecule has 0 heterocycles. The SMILES string of the molecule is CC(=O)Oc1ccccc1-c1ccc(C(F)(F)F)cc1. The summed E-state index contributed by atoms with van der Waals surface area (Å²) >= 11 is 0. The molecule has 2 aromatic rings. The Bertz CT molecular complexity index is 616. The van der Waals surface area contributed by atoms with Crippen molar-refractivity contribution in [3.05, 3.63) is 54.1 Å². The van der Waals surface area contributed by atoms with Crippen LogP contribution in [0.2, 0.25) is 0 Å². The summed E-state index contributed by atoms with van der Waals surface area (Å²) in [7, 11) is 0. The van der Waals surface area contributed by atoms with E-state index in [1.165, 1.54) is 19.1 Å². The normalized spacial score (nSPS) is 11.2. The topological polar surface area (TPSA) is 26.3 Å². The lowest BCUT2D eigenvalue weighted by molar-refractivity contribution is -0.137. The monoisotopic (exact) mass is 280 g/mol. The molecule has 104 valence electrons. The molecule has 0 bridgehead atoms. The van der Waals surface area contributed by atoms with Gasteiger partial charge >= 0.3 is 12.1 Å². The van der Waals surface area contributed by atoms with E-state index in [0.717, 1.165) is 12.1 Å². The summed E-state index contributed by atoms with van der Waals surface area (Å²) in [5.74, 6) is -0.163. The molecule has 0 spiro atoms. The van der Waals surface area contributed by atoms with Crippen LogP contribution in [0.25, 0.3) is 11.1 Å². The molecule has 2 aromatic carbocycles. The Morgan fingerprint density at radius 3 is 2.15 bits per heavy atom. The van der Waals surface area contributed by atoms with Crippen LogP contribution < -0.4 is 4.74 Å². The highest BCUT2D eigenvalue weighted by Gasteiger charge is 2.30. The standard InChI is InChI=1S/C15H11F3O2/c1-10(19)20-14-5-3-2-4-13(14)11-6-8-12(9-7-11)15(16,17)18/h2-9H,1H3. The zero-order valence-electron chi connectivity index (χ0n) is 10.6. The summed E-state index contributed by atoms with van der Waals surface area (Å²) < 4.78 is 42.5. The molecule has 5 heteroatoms. The first kappa shape index (κ1) is 14.1. The molecule has 0 amide bonds. The number of hydrogen-bond acceptors (Lipinski definition) is 2. The molecule has 2 nitrogen and oxygen atoms in total. The molecule has 0 aliphatic carbocycles. The van der Waals surface area contributed by atoms with Gasteiger partial charge in [0.2, 0.25) is 0 Å². The van der Waals surface area contributed by atoms with Crippen molar-refractivity contribution in [3.63, 3.8) is 0 Å². The molecule has 2 rings (SSSR count). The Hall–Kier alpha value is -2.30.